The first-order valence-electron chi connectivity index (χ1n) is 6.63. The first kappa shape index (κ1) is 15.0. The zero-order chi connectivity index (χ0) is 15.4. The third-order valence-corrected chi connectivity index (χ3v) is 3.60. The second kappa shape index (κ2) is 6.34. The molecule has 1 fully saturated rings. The van der Waals surface area contributed by atoms with Gasteiger partial charge in [-0.05, 0) is 25.0 Å². The molecule has 1 aromatic rings. The van der Waals surface area contributed by atoms with Crippen molar-refractivity contribution < 1.29 is 19.5 Å². The zero-order valence-electron chi connectivity index (χ0n) is 12.1. The highest BCUT2D eigenvalue weighted by atomic mass is 16.5. The molecule has 114 valence electrons. The lowest BCUT2D eigenvalue weighted by Gasteiger charge is -2.24. The van der Waals surface area contributed by atoms with Gasteiger partial charge in [-0.25, -0.2) is 0 Å². The van der Waals surface area contributed by atoms with E-state index in [4.69, 9.17) is 20.4 Å². The minimum Gasteiger partial charge on any atom is -0.493 e. The lowest BCUT2D eigenvalue weighted by Crippen LogP contribution is -2.44. The fourth-order valence-electron chi connectivity index (χ4n) is 2.59. The Bertz CT molecular complexity index is 559. The average Bonchev–Trinajstić information content (AvgIpc) is 3.01. The van der Waals surface area contributed by atoms with Gasteiger partial charge in [0.2, 0.25) is 0 Å². The number of carbonyl (C=O) groups excluding carboxylic acids is 1. The van der Waals surface area contributed by atoms with E-state index in [9.17, 15) is 4.79 Å². The first-order chi connectivity index (χ1) is 10.1. The number of hydrogen-bond donors (Lipinski definition) is 2. The third kappa shape index (κ3) is 2.72. The molecule has 7 nitrogen and oxygen atoms in total. The summed E-state index contributed by atoms with van der Waals surface area (Å²) < 4.78 is 10.5. The summed E-state index contributed by atoms with van der Waals surface area (Å²) >= 11 is 0. The molecule has 1 heterocycles. The van der Waals surface area contributed by atoms with Crippen LogP contribution in [0.25, 0.3) is 0 Å². The van der Waals surface area contributed by atoms with Crippen LogP contribution < -0.4 is 15.2 Å². The van der Waals surface area contributed by atoms with Crippen LogP contribution in [0, 0.1) is 0 Å². The van der Waals surface area contributed by atoms with Crippen LogP contribution in [0.15, 0.2) is 23.4 Å². The lowest BCUT2D eigenvalue weighted by molar-refractivity contribution is 0.0764. The van der Waals surface area contributed by atoms with Crippen LogP contribution in [-0.2, 0) is 0 Å². The molecule has 0 aromatic heterocycles. The zero-order valence-corrected chi connectivity index (χ0v) is 12.1. The van der Waals surface area contributed by atoms with Crippen molar-refractivity contribution in [1.29, 1.82) is 0 Å². The monoisotopic (exact) mass is 293 g/mol. The van der Waals surface area contributed by atoms with Gasteiger partial charge in [-0.3, -0.25) is 4.79 Å². The molecular formula is C14H19N3O4. The summed E-state index contributed by atoms with van der Waals surface area (Å²) in [4.78, 5) is 14.3. The second-order valence-electron chi connectivity index (χ2n) is 4.72. The summed E-state index contributed by atoms with van der Waals surface area (Å²) in [5.41, 5.74) is 6.06. The van der Waals surface area contributed by atoms with Gasteiger partial charge in [-0.1, -0.05) is 11.2 Å². The molecule has 0 saturated carbocycles. The van der Waals surface area contributed by atoms with E-state index < -0.39 is 6.04 Å². The number of ether oxygens (including phenoxy) is 2. The Labute approximate surface area is 122 Å². The molecule has 1 saturated heterocycles. The van der Waals surface area contributed by atoms with Crippen LogP contribution in [0.5, 0.6) is 11.5 Å². The van der Waals surface area contributed by atoms with Crippen molar-refractivity contribution in [1.82, 2.24) is 4.90 Å². The maximum absolute atomic E-state index is 12.7. The Morgan fingerprint density at radius 1 is 1.43 bits per heavy atom. The highest BCUT2D eigenvalue weighted by Crippen LogP contribution is 2.33. The summed E-state index contributed by atoms with van der Waals surface area (Å²) in [6.07, 6.45) is 1.48. The van der Waals surface area contributed by atoms with Gasteiger partial charge in [0.05, 0.1) is 25.8 Å². The molecule has 1 amide bonds. The summed E-state index contributed by atoms with van der Waals surface area (Å²) in [6.45, 7) is 0.556. The van der Waals surface area contributed by atoms with E-state index >= 15 is 0 Å². The van der Waals surface area contributed by atoms with Crippen molar-refractivity contribution in [2.24, 2.45) is 10.9 Å². The van der Waals surface area contributed by atoms with E-state index in [2.05, 4.69) is 5.16 Å². The molecule has 1 unspecified atom stereocenters. The molecule has 0 radical (unpaired) electrons. The van der Waals surface area contributed by atoms with E-state index in [0.29, 0.717) is 30.0 Å². The molecule has 1 aliphatic rings. The molecule has 7 heteroatoms. The van der Waals surface area contributed by atoms with Crippen molar-refractivity contribution in [2.75, 3.05) is 20.8 Å². The minimum atomic E-state index is -0.390. The quantitative estimate of drug-likeness (QED) is 0.374. The number of para-hydroxylation sites is 1. The number of oxime groups is 1. The third-order valence-electron chi connectivity index (χ3n) is 3.60. The maximum Gasteiger partial charge on any atom is 0.258 e. The van der Waals surface area contributed by atoms with E-state index in [0.717, 1.165) is 6.42 Å². The van der Waals surface area contributed by atoms with Crippen LogP contribution in [0.2, 0.25) is 0 Å². The number of methoxy groups -OCH3 is 2. The first-order valence-corrected chi connectivity index (χ1v) is 6.63. The van der Waals surface area contributed by atoms with E-state index in [1.807, 2.05) is 0 Å². The molecule has 21 heavy (non-hydrogen) atoms. The predicted molar refractivity (Wildman–Crippen MR) is 77.0 cm³/mol. The predicted octanol–water partition coefficient (Wildman–Crippen LogP) is 1.05. The molecule has 1 atom stereocenters. The van der Waals surface area contributed by atoms with Gasteiger partial charge in [0.1, 0.15) is 0 Å². The summed E-state index contributed by atoms with van der Waals surface area (Å²) in [5, 5.41) is 11.8. The number of likely N-dealkylation sites (tertiary alicyclic amines) is 1. The molecule has 0 bridgehead atoms. The Balaban J connectivity index is 2.36. The van der Waals surface area contributed by atoms with Gasteiger partial charge in [0.25, 0.3) is 5.91 Å². The van der Waals surface area contributed by atoms with Crippen LogP contribution >= 0.6 is 0 Å². The lowest BCUT2D eigenvalue weighted by atomic mass is 10.1. The minimum absolute atomic E-state index is 0.0442. The molecule has 2 rings (SSSR count). The van der Waals surface area contributed by atoms with Crippen LogP contribution in [-0.4, -0.2) is 48.7 Å². The average molecular weight is 293 g/mol. The number of hydrogen-bond acceptors (Lipinski definition) is 5. The highest BCUT2D eigenvalue weighted by Gasteiger charge is 2.34. The largest absolute Gasteiger partial charge is 0.493 e. The van der Waals surface area contributed by atoms with E-state index in [1.54, 1.807) is 23.1 Å². The van der Waals surface area contributed by atoms with Crippen molar-refractivity contribution in [3.63, 3.8) is 0 Å². The van der Waals surface area contributed by atoms with Gasteiger partial charge in [-0.2, -0.15) is 0 Å². The Kier molecular flexibility index (Phi) is 4.52. The van der Waals surface area contributed by atoms with Crippen molar-refractivity contribution >= 4 is 11.7 Å². The van der Waals surface area contributed by atoms with Crippen LogP contribution in [0.3, 0.4) is 0 Å². The Hall–Kier alpha value is -2.44. The summed E-state index contributed by atoms with van der Waals surface area (Å²) in [7, 11) is 3.00. The topological polar surface area (TPSA) is 97.4 Å². The summed E-state index contributed by atoms with van der Waals surface area (Å²) in [5.74, 6) is 0.695. The number of amidine groups is 1. The number of nitrogens with zero attached hydrogens (tertiary/aromatic N) is 2. The fraction of sp³-hybridized carbons (Fsp3) is 0.429. The summed E-state index contributed by atoms with van der Waals surface area (Å²) in [6, 6.07) is 4.73. The molecule has 1 aliphatic heterocycles. The van der Waals surface area contributed by atoms with E-state index in [1.165, 1.54) is 14.2 Å². The van der Waals surface area contributed by atoms with Crippen molar-refractivity contribution in [2.45, 2.75) is 18.9 Å². The maximum atomic E-state index is 12.7. The Morgan fingerprint density at radius 2 is 2.19 bits per heavy atom. The van der Waals surface area contributed by atoms with Crippen molar-refractivity contribution in [3.05, 3.63) is 23.8 Å². The molecule has 0 spiro atoms. The molecule has 3 N–H and O–H groups in total. The fourth-order valence-corrected chi connectivity index (χ4v) is 2.59. The number of benzene rings is 1. The van der Waals surface area contributed by atoms with Gasteiger partial charge >= 0.3 is 0 Å². The number of nitrogens with two attached hydrogens (primary N) is 1. The standard InChI is InChI=1S/C14H19N3O4/c1-20-11-7-3-5-9(12(11)21-2)14(18)17-8-4-6-10(17)13(15)16-19/h3,5,7,10,19H,4,6,8H2,1-2H3,(H2,15,16). The smallest absolute Gasteiger partial charge is 0.258 e. The van der Waals surface area contributed by atoms with E-state index in [-0.39, 0.29) is 11.7 Å². The normalized spacial score (nSPS) is 18.7. The van der Waals surface area contributed by atoms with Crippen LogP contribution in [0.4, 0.5) is 0 Å². The Morgan fingerprint density at radius 3 is 2.81 bits per heavy atom. The van der Waals surface area contributed by atoms with Gasteiger partial charge < -0.3 is 25.3 Å². The molecule has 1 aromatic carbocycles. The second-order valence-corrected chi connectivity index (χ2v) is 4.72. The SMILES string of the molecule is COc1cccc(C(=O)N2CCCC2C(N)=NO)c1OC. The highest BCUT2D eigenvalue weighted by molar-refractivity contribution is 6.01. The van der Waals surface area contributed by atoms with Gasteiger partial charge in [-0.15, -0.1) is 0 Å². The molecular weight excluding hydrogens is 274 g/mol. The van der Waals surface area contributed by atoms with Gasteiger partial charge in [0, 0.05) is 6.54 Å². The number of rotatable bonds is 4. The number of amides is 1. The number of carbonyl (C=O) groups is 1. The van der Waals surface area contributed by atoms with Gasteiger partial charge in [0.15, 0.2) is 17.3 Å². The van der Waals surface area contributed by atoms with Crippen LogP contribution in [0.1, 0.15) is 23.2 Å². The van der Waals surface area contributed by atoms with Crippen molar-refractivity contribution in [3.8, 4) is 11.5 Å². The molecule has 0 aliphatic carbocycles.